The molecule has 0 aromatic heterocycles. The molecule has 0 atom stereocenters. The van der Waals surface area contributed by atoms with Crippen LogP contribution in [0.2, 0.25) is 0 Å². The van der Waals surface area contributed by atoms with Gasteiger partial charge in [0, 0.05) is 6.07 Å². The third-order valence-electron chi connectivity index (χ3n) is 1.53. The van der Waals surface area contributed by atoms with Crippen molar-refractivity contribution >= 4 is 21.4 Å². The van der Waals surface area contributed by atoms with E-state index in [0.717, 1.165) is 6.07 Å². The first-order valence-corrected chi connectivity index (χ1v) is 5.52. The maximum absolute atomic E-state index is 12.9. The summed E-state index contributed by atoms with van der Waals surface area (Å²) in [6.45, 7) is 0. The third-order valence-corrected chi connectivity index (χ3v) is 2.58. The number of hydrogen-bond donors (Lipinski definition) is 2. The van der Waals surface area contributed by atoms with E-state index in [4.69, 9.17) is 11.0 Å². The summed E-state index contributed by atoms with van der Waals surface area (Å²) in [5.74, 6) is -1.40. The molecule has 1 aromatic carbocycles. The van der Waals surface area contributed by atoms with Crippen molar-refractivity contribution in [1.82, 2.24) is 0 Å². The summed E-state index contributed by atoms with van der Waals surface area (Å²) >= 11 is 0. The van der Waals surface area contributed by atoms with Gasteiger partial charge < -0.3 is 5.73 Å². The highest BCUT2D eigenvalue weighted by Crippen LogP contribution is 2.16. The average Bonchev–Trinajstić information content (AvgIpc) is 2.10. The average molecular weight is 229 g/mol. The van der Waals surface area contributed by atoms with Gasteiger partial charge in [-0.25, -0.2) is 12.8 Å². The van der Waals surface area contributed by atoms with Gasteiger partial charge in [-0.1, -0.05) is 0 Å². The maximum Gasteiger partial charge on any atom is 0.246 e. The van der Waals surface area contributed by atoms with E-state index in [1.807, 2.05) is 4.72 Å². The molecule has 0 aliphatic heterocycles. The van der Waals surface area contributed by atoms with Crippen LogP contribution in [0.15, 0.2) is 18.2 Å². The van der Waals surface area contributed by atoms with E-state index >= 15 is 0 Å². The smallest absolute Gasteiger partial charge is 0.246 e. The number of nitrogen functional groups attached to an aromatic ring is 1. The Hall–Kier alpha value is -1.81. The van der Waals surface area contributed by atoms with E-state index in [1.165, 1.54) is 18.2 Å². The van der Waals surface area contributed by atoms with Gasteiger partial charge in [-0.15, -0.1) is 0 Å². The molecular formula is C8H8FN3O2S. The highest BCUT2D eigenvalue weighted by molar-refractivity contribution is 7.92. The van der Waals surface area contributed by atoms with Gasteiger partial charge in [-0.05, 0) is 12.1 Å². The van der Waals surface area contributed by atoms with Gasteiger partial charge in [-0.3, -0.25) is 4.72 Å². The molecule has 0 fully saturated rings. The van der Waals surface area contributed by atoms with Crippen LogP contribution in [0.25, 0.3) is 0 Å². The van der Waals surface area contributed by atoms with Crippen LogP contribution >= 0.6 is 0 Å². The molecule has 1 rings (SSSR count). The number of benzene rings is 1. The van der Waals surface area contributed by atoms with Crippen molar-refractivity contribution in [2.75, 3.05) is 16.2 Å². The van der Waals surface area contributed by atoms with Crippen molar-refractivity contribution in [3.63, 3.8) is 0 Å². The van der Waals surface area contributed by atoms with E-state index in [1.54, 1.807) is 0 Å². The van der Waals surface area contributed by atoms with Crippen LogP contribution in [0, 0.1) is 17.1 Å². The van der Waals surface area contributed by atoms with Crippen LogP contribution in [-0.4, -0.2) is 14.2 Å². The highest BCUT2D eigenvalue weighted by atomic mass is 32.2. The molecule has 0 unspecified atom stereocenters. The molecule has 0 saturated carbocycles. The van der Waals surface area contributed by atoms with E-state index < -0.39 is 21.6 Å². The number of nitriles is 1. The number of halogens is 1. The first-order chi connectivity index (χ1) is 6.94. The van der Waals surface area contributed by atoms with Gasteiger partial charge in [0.05, 0.1) is 17.4 Å². The van der Waals surface area contributed by atoms with E-state index in [2.05, 4.69) is 0 Å². The molecule has 15 heavy (non-hydrogen) atoms. The number of nitrogens with zero attached hydrogens (tertiary/aromatic N) is 1. The zero-order valence-electron chi connectivity index (χ0n) is 7.57. The summed E-state index contributed by atoms with van der Waals surface area (Å²) in [5, 5.41) is 8.22. The molecule has 0 saturated heterocycles. The Bertz CT molecular complexity index is 507. The summed E-state index contributed by atoms with van der Waals surface area (Å²) < 4.78 is 37.2. The molecule has 0 spiro atoms. The Morgan fingerprint density at radius 3 is 2.73 bits per heavy atom. The zero-order valence-corrected chi connectivity index (χ0v) is 8.38. The Balaban J connectivity index is 2.92. The second kappa shape index (κ2) is 4.14. The molecule has 7 heteroatoms. The lowest BCUT2D eigenvalue weighted by Gasteiger charge is -2.05. The Morgan fingerprint density at radius 2 is 2.20 bits per heavy atom. The fraction of sp³-hybridized carbons (Fsp3) is 0.125. The highest BCUT2D eigenvalue weighted by Gasteiger charge is 2.10. The number of nitrogens with two attached hydrogens (primary N) is 1. The quantitative estimate of drug-likeness (QED) is 0.744. The predicted molar refractivity (Wildman–Crippen MR) is 53.8 cm³/mol. The van der Waals surface area contributed by atoms with Crippen molar-refractivity contribution in [3.05, 3.63) is 24.0 Å². The second-order valence-electron chi connectivity index (χ2n) is 2.76. The lowest BCUT2D eigenvalue weighted by molar-refractivity contribution is 0.604. The van der Waals surface area contributed by atoms with Gasteiger partial charge >= 0.3 is 0 Å². The van der Waals surface area contributed by atoms with Crippen molar-refractivity contribution in [2.24, 2.45) is 0 Å². The number of sulfonamides is 1. The standard InChI is InChI=1S/C8H8FN3O2S/c9-7-5-6(1-2-8(7)11)12-15(13,14)4-3-10/h1-2,5,12H,4,11H2. The molecular weight excluding hydrogens is 221 g/mol. The fourth-order valence-corrected chi connectivity index (χ4v) is 1.62. The summed E-state index contributed by atoms with van der Waals surface area (Å²) in [7, 11) is -3.73. The lowest BCUT2D eigenvalue weighted by atomic mass is 10.3. The zero-order chi connectivity index (χ0) is 11.5. The third kappa shape index (κ3) is 3.11. The number of nitrogens with one attached hydrogen (secondary N) is 1. The number of anilines is 2. The van der Waals surface area contributed by atoms with Gasteiger partial charge in [0.2, 0.25) is 10.0 Å². The molecule has 80 valence electrons. The molecule has 0 aliphatic rings. The van der Waals surface area contributed by atoms with Crippen LogP contribution in [0.5, 0.6) is 0 Å². The minimum atomic E-state index is -3.73. The van der Waals surface area contributed by atoms with Crippen molar-refractivity contribution in [2.45, 2.75) is 0 Å². The summed E-state index contributed by atoms with van der Waals surface area (Å²) in [6.07, 6.45) is 0. The van der Waals surface area contributed by atoms with E-state index in [-0.39, 0.29) is 11.4 Å². The number of hydrogen-bond acceptors (Lipinski definition) is 4. The molecule has 1 aromatic rings. The van der Waals surface area contributed by atoms with E-state index in [9.17, 15) is 12.8 Å². The Labute approximate surface area is 86.4 Å². The summed E-state index contributed by atoms with van der Waals surface area (Å²) in [5.41, 5.74) is 5.17. The van der Waals surface area contributed by atoms with Gasteiger partial charge in [0.15, 0.2) is 5.75 Å². The van der Waals surface area contributed by atoms with Crippen molar-refractivity contribution in [1.29, 1.82) is 5.26 Å². The summed E-state index contributed by atoms with van der Waals surface area (Å²) in [6, 6.07) is 4.98. The molecule has 0 amide bonds. The van der Waals surface area contributed by atoms with Crippen LogP contribution in [-0.2, 0) is 10.0 Å². The molecule has 0 aliphatic carbocycles. The van der Waals surface area contributed by atoms with Gasteiger partial charge in [0.25, 0.3) is 0 Å². The minimum absolute atomic E-state index is 0.0388. The Kier molecular flexibility index (Phi) is 3.11. The van der Waals surface area contributed by atoms with Crippen molar-refractivity contribution in [3.8, 4) is 6.07 Å². The number of rotatable bonds is 3. The van der Waals surface area contributed by atoms with Crippen LogP contribution in [0.3, 0.4) is 0 Å². The topological polar surface area (TPSA) is 96.0 Å². The monoisotopic (exact) mass is 229 g/mol. The molecule has 0 radical (unpaired) electrons. The maximum atomic E-state index is 12.9. The van der Waals surface area contributed by atoms with E-state index in [0.29, 0.717) is 0 Å². The Morgan fingerprint density at radius 1 is 1.53 bits per heavy atom. The first kappa shape index (κ1) is 11.3. The minimum Gasteiger partial charge on any atom is -0.396 e. The SMILES string of the molecule is N#CCS(=O)(=O)Nc1ccc(N)c(F)c1. The molecule has 3 N–H and O–H groups in total. The first-order valence-electron chi connectivity index (χ1n) is 3.87. The van der Waals surface area contributed by atoms with Crippen LogP contribution in [0.4, 0.5) is 15.8 Å². The van der Waals surface area contributed by atoms with Crippen LogP contribution < -0.4 is 10.5 Å². The summed E-state index contributed by atoms with van der Waals surface area (Å²) in [4.78, 5) is 0. The molecule has 0 heterocycles. The lowest BCUT2D eigenvalue weighted by Crippen LogP contribution is -2.15. The molecule has 5 nitrogen and oxygen atoms in total. The predicted octanol–water partition coefficient (Wildman–Crippen LogP) is 0.673. The van der Waals surface area contributed by atoms with Gasteiger partial charge in [-0.2, -0.15) is 5.26 Å². The van der Waals surface area contributed by atoms with Gasteiger partial charge in [0.1, 0.15) is 5.82 Å². The molecule has 0 bridgehead atoms. The van der Waals surface area contributed by atoms with Crippen molar-refractivity contribution < 1.29 is 12.8 Å². The fourth-order valence-electron chi connectivity index (χ4n) is 0.891. The largest absolute Gasteiger partial charge is 0.396 e. The second-order valence-corrected chi connectivity index (χ2v) is 4.48. The van der Waals surface area contributed by atoms with Crippen LogP contribution in [0.1, 0.15) is 0 Å². The normalized spacial score (nSPS) is 10.7.